The fraction of sp³-hybridized carbons (Fsp3) is 0.625. The van der Waals surface area contributed by atoms with Crippen molar-refractivity contribution in [2.75, 3.05) is 0 Å². The summed E-state index contributed by atoms with van der Waals surface area (Å²) in [6.07, 6.45) is 0.0243. The first-order chi connectivity index (χ1) is 9.62. The SMILES string of the molecule is CC(C)O[Si](Cc1ccccc1)(OC(C)C)OC(C)(C)Cl. The Balaban J connectivity index is 3.08. The summed E-state index contributed by atoms with van der Waals surface area (Å²) in [5, 5.41) is -0.829. The van der Waals surface area contributed by atoms with Crippen molar-refractivity contribution in [1.29, 1.82) is 0 Å². The van der Waals surface area contributed by atoms with Crippen LogP contribution in [0.3, 0.4) is 0 Å². The minimum Gasteiger partial charge on any atom is -0.371 e. The summed E-state index contributed by atoms with van der Waals surface area (Å²) in [5.74, 6) is 0. The van der Waals surface area contributed by atoms with Crippen LogP contribution in [0, 0.1) is 0 Å². The molecule has 5 heteroatoms. The van der Waals surface area contributed by atoms with E-state index in [2.05, 4.69) is 12.1 Å². The van der Waals surface area contributed by atoms with Crippen molar-refractivity contribution in [2.45, 2.75) is 64.9 Å². The lowest BCUT2D eigenvalue weighted by Crippen LogP contribution is -2.54. The molecule has 0 amide bonds. The summed E-state index contributed by atoms with van der Waals surface area (Å²) in [7, 11) is -2.93. The van der Waals surface area contributed by atoms with E-state index in [-0.39, 0.29) is 12.2 Å². The van der Waals surface area contributed by atoms with Gasteiger partial charge in [0.25, 0.3) is 0 Å². The fourth-order valence-electron chi connectivity index (χ4n) is 2.13. The van der Waals surface area contributed by atoms with Gasteiger partial charge >= 0.3 is 8.80 Å². The third kappa shape index (κ3) is 7.43. The highest BCUT2D eigenvalue weighted by atomic mass is 35.5. The molecule has 1 aromatic carbocycles. The van der Waals surface area contributed by atoms with E-state index in [4.69, 9.17) is 24.9 Å². The van der Waals surface area contributed by atoms with Gasteiger partial charge in [0.15, 0.2) is 0 Å². The molecule has 1 aromatic rings. The van der Waals surface area contributed by atoms with Crippen molar-refractivity contribution in [1.82, 2.24) is 0 Å². The number of alkyl halides is 1. The molecule has 0 saturated carbocycles. The van der Waals surface area contributed by atoms with Gasteiger partial charge in [-0.1, -0.05) is 41.9 Å². The summed E-state index contributed by atoms with van der Waals surface area (Å²) in [5.41, 5.74) is 1.13. The lowest BCUT2D eigenvalue weighted by molar-refractivity contribution is -0.00928. The summed E-state index contributed by atoms with van der Waals surface area (Å²) < 4.78 is 18.4. The van der Waals surface area contributed by atoms with Gasteiger partial charge in [-0.25, -0.2) is 0 Å². The molecule has 1 rings (SSSR count). The van der Waals surface area contributed by atoms with Crippen LogP contribution in [0.4, 0.5) is 0 Å². The minimum absolute atomic E-state index is 0.0122. The van der Waals surface area contributed by atoms with E-state index in [0.717, 1.165) is 5.56 Å². The van der Waals surface area contributed by atoms with E-state index in [1.54, 1.807) is 0 Å². The molecule has 0 heterocycles. The van der Waals surface area contributed by atoms with Crippen molar-refractivity contribution in [3.8, 4) is 0 Å². The Kier molecular flexibility index (Phi) is 6.88. The Morgan fingerprint density at radius 2 is 1.48 bits per heavy atom. The lowest BCUT2D eigenvalue weighted by atomic mass is 10.2. The summed E-state index contributed by atoms with van der Waals surface area (Å²) >= 11 is 6.30. The Labute approximate surface area is 134 Å². The van der Waals surface area contributed by atoms with Crippen molar-refractivity contribution < 1.29 is 13.3 Å². The molecule has 120 valence electrons. The normalized spacial score (nSPS) is 13.2. The smallest absolute Gasteiger partial charge is 0.371 e. The third-order valence-corrected chi connectivity index (χ3v) is 6.02. The highest BCUT2D eigenvalue weighted by Crippen LogP contribution is 2.28. The maximum absolute atomic E-state index is 6.30. The zero-order valence-electron chi connectivity index (χ0n) is 13.9. The van der Waals surface area contributed by atoms with Crippen LogP contribution < -0.4 is 0 Å². The Hall–Kier alpha value is -0.393. The van der Waals surface area contributed by atoms with Crippen LogP contribution in [-0.2, 0) is 19.3 Å². The van der Waals surface area contributed by atoms with Gasteiger partial charge in [-0.05, 0) is 47.1 Å². The van der Waals surface area contributed by atoms with E-state index >= 15 is 0 Å². The molecule has 21 heavy (non-hydrogen) atoms. The first kappa shape index (κ1) is 18.7. The molecule has 3 nitrogen and oxygen atoms in total. The molecule has 0 unspecified atom stereocenters. The largest absolute Gasteiger partial charge is 0.507 e. The highest BCUT2D eigenvalue weighted by molar-refractivity contribution is 6.61. The van der Waals surface area contributed by atoms with E-state index in [9.17, 15) is 0 Å². The summed E-state index contributed by atoms with van der Waals surface area (Å²) in [6, 6.07) is 10.7. The van der Waals surface area contributed by atoms with Gasteiger partial charge in [0.2, 0.25) is 0 Å². The van der Waals surface area contributed by atoms with Crippen LogP contribution in [0.25, 0.3) is 0 Å². The fourth-order valence-corrected chi connectivity index (χ4v) is 5.78. The van der Waals surface area contributed by atoms with Crippen LogP contribution in [0.5, 0.6) is 0 Å². The van der Waals surface area contributed by atoms with Crippen LogP contribution in [0.2, 0.25) is 0 Å². The Morgan fingerprint density at radius 3 is 1.86 bits per heavy atom. The number of benzene rings is 1. The van der Waals surface area contributed by atoms with Gasteiger partial charge in [0, 0.05) is 18.3 Å². The van der Waals surface area contributed by atoms with Crippen LogP contribution in [-0.4, -0.2) is 26.1 Å². The van der Waals surface area contributed by atoms with Gasteiger partial charge in [-0.3, -0.25) is 0 Å². The minimum atomic E-state index is -2.93. The van der Waals surface area contributed by atoms with Crippen molar-refractivity contribution >= 4 is 20.4 Å². The summed E-state index contributed by atoms with van der Waals surface area (Å²) in [6.45, 7) is 11.6. The molecule has 0 aliphatic heterocycles. The first-order valence-corrected chi connectivity index (χ1v) is 9.71. The quantitative estimate of drug-likeness (QED) is 0.517. The zero-order valence-corrected chi connectivity index (χ0v) is 15.6. The predicted octanol–water partition coefficient (Wildman–Crippen LogP) is 4.55. The number of hydrogen-bond acceptors (Lipinski definition) is 3. The topological polar surface area (TPSA) is 27.7 Å². The maximum Gasteiger partial charge on any atom is 0.507 e. The standard InChI is InChI=1S/C16H27ClO3Si/c1-13(2)18-21(19-14(3)4,20-16(5,6)17)12-15-10-8-7-9-11-15/h7-11,13-14H,12H2,1-6H3. The maximum atomic E-state index is 6.30. The molecule has 0 aliphatic carbocycles. The van der Waals surface area contributed by atoms with Crippen molar-refractivity contribution in [3.05, 3.63) is 35.9 Å². The second-order valence-electron chi connectivity index (χ2n) is 6.14. The average Bonchev–Trinajstić information content (AvgIpc) is 2.24. The van der Waals surface area contributed by atoms with Gasteiger partial charge in [-0.2, -0.15) is 0 Å². The van der Waals surface area contributed by atoms with Gasteiger partial charge in [0.05, 0.1) is 0 Å². The van der Waals surface area contributed by atoms with E-state index in [1.165, 1.54) is 0 Å². The lowest BCUT2D eigenvalue weighted by Gasteiger charge is -2.37. The molecule has 0 saturated heterocycles. The van der Waals surface area contributed by atoms with E-state index in [1.807, 2.05) is 59.7 Å². The van der Waals surface area contributed by atoms with Gasteiger partial charge < -0.3 is 13.3 Å². The average molecular weight is 331 g/mol. The molecule has 0 spiro atoms. The van der Waals surface area contributed by atoms with Gasteiger partial charge in [-0.15, -0.1) is 0 Å². The molecule has 0 bridgehead atoms. The first-order valence-electron chi connectivity index (χ1n) is 7.40. The third-order valence-electron chi connectivity index (χ3n) is 2.49. The van der Waals surface area contributed by atoms with Crippen LogP contribution in [0.1, 0.15) is 47.1 Å². The Bertz CT molecular complexity index is 405. The molecule has 0 atom stereocenters. The van der Waals surface area contributed by atoms with E-state index in [0.29, 0.717) is 6.04 Å². The molecular formula is C16H27ClO3Si. The predicted molar refractivity (Wildman–Crippen MR) is 89.4 cm³/mol. The number of hydrogen-bond donors (Lipinski definition) is 0. The molecule has 0 aromatic heterocycles. The van der Waals surface area contributed by atoms with Crippen LogP contribution in [0.15, 0.2) is 30.3 Å². The van der Waals surface area contributed by atoms with Crippen molar-refractivity contribution in [3.63, 3.8) is 0 Å². The second-order valence-corrected chi connectivity index (χ2v) is 9.45. The van der Waals surface area contributed by atoms with Crippen LogP contribution >= 0.6 is 11.6 Å². The molecule has 0 aliphatic rings. The monoisotopic (exact) mass is 330 g/mol. The number of rotatable bonds is 8. The Morgan fingerprint density at radius 1 is 1.00 bits per heavy atom. The molecule has 0 fully saturated rings. The number of halogens is 1. The highest BCUT2D eigenvalue weighted by Gasteiger charge is 2.47. The molecule has 0 radical (unpaired) electrons. The second kappa shape index (κ2) is 7.74. The van der Waals surface area contributed by atoms with E-state index < -0.39 is 13.9 Å². The zero-order chi connectivity index (χ0) is 16.1. The summed E-state index contributed by atoms with van der Waals surface area (Å²) in [4.78, 5) is 0. The molecular weight excluding hydrogens is 304 g/mol. The molecule has 0 N–H and O–H groups in total. The van der Waals surface area contributed by atoms with Gasteiger partial charge in [0.1, 0.15) is 5.06 Å². The van der Waals surface area contributed by atoms with Crippen molar-refractivity contribution in [2.24, 2.45) is 0 Å².